The van der Waals surface area contributed by atoms with Crippen LogP contribution in [0.4, 0.5) is 0 Å². The SMILES string of the molecule is C=Cc1ccc(CCC(CCCCNC)c2ccc(C3(C)CCC3)cc2)cc1CN(C)C(C=C)CCC=O. The first kappa shape index (κ1) is 30.1. The summed E-state index contributed by atoms with van der Waals surface area (Å²) in [6.45, 7) is 12.4. The van der Waals surface area contributed by atoms with Crippen molar-refractivity contribution in [1.29, 1.82) is 0 Å². The fourth-order valence-corrected chi connectivity index (χ4v) is 5.96. The second-order valence-corrected chi connectivity index (χ2v) is 11.6. The second-order valence-electron chi connectivity index (χ2n) is 11.6. The lowest BCUT2D eigenvalue weighted by Gasteiger charge is -2.39. The van der Waals surface area contributed by atoms with E-state index in [2.05, 4.69) is 79.8 Å². The Bertz CT molecular complexity index is 1020. The standard InChI is InChI=1S/C35H50N2O/c1-6-29-16-14-28(26-32(29)27-37(5)34(7-2)13-10-25-38)15-17-30(12-8-9-24-36-4)31-18-20-33(21-19-31)35(3)22-11-23-35/h6-7,14,16,18-21,25-26,30,34,36H,1-2,8-13,15,17,22-24,27H2,3-5H3. The van der Waals surface area contributed by atoms with Gasteiger partial charge in [-0.05, 0) is 105 Å². The quantitative estimate of drug-likeness (QED) is 0.125. The van der Waals surface area contributed by atoms with Crippen LogP contribution >= 0.6 is 0 Å². The van der Waals surface area contributed by atoms with Crippen LogP contribution in [0, 0.1) is 0 Å². The Balaban J connectivity index is 1.71. The Morgan fingerprint density at radius 2 is 1.82 bits per heavy atom. The van der Waals surface area contributed by atoms with Gasteiger partial charge in [-0.1, -0.05) is 81.0 Å². The highest BCUT2D eigenvalue weighted by Gasteiger charge is 2.33. The largest absolute Gasteiger partial charge is 0.320 e. The first-order valence-electron chi connectivity index (χ1n) is 14.7. The first-order valence-corrected chi connectivity index (χ1v) is 14.7. The summed E-state index contributed by atoms with van der Waals surface area (Å²) < 4.78 is 0. The number of nitrogens with one attached hydrogen (secondary N) is 1. The number of aldehydes is 1. The van der Waals surface area contributed by atoms with Crippen LogP contribution in [0.15, 0.2) is 61.7 Å². The summed E-state index contributed by atoms with van der Waals surface area (Å²) in [4.78, 5) is 13.2. The summed E-state index contributed by atoms with van der Waals surface area (Å²) in [6.07, 6.45) is 16.2. The number of carbonyl (C=O) groups is 1. The van der Waals surface area contributed by atoms with Crippen LogP contribution in [0.2, 0.25) is 0 Å². The average molecular weight is 515 g/mol. The molecule has 38 heavy (non-hydrogen) atoms. The van der Waals surface area contributed by atoms with Crippen LogP contribution in [0.1, 0.15) is 98.4 Å². The van der Waals surface area contributed by atoms with Crippen LogP contribution < -0.4 is 5.32 Å². The molecule has 2 aromatic rings. The molecular weight excluding hydrogens is 464 g/mol. The molecule has 0 saturated heterocycles. The highest BCUT2D eigenvalue weighted by Crippen LogP contribution is 2.43. The van der Waals surface area contributed by atoms with Crippen molar-refractivity contribution in [3.63, 3.8) is 0 Å². The maximum atomic E-state index is 10.9. The van der Waals surface area contributed by atoms with Gasteiger partial charge in [0.1, 0.15) is 6.29 Å². The van der Waals surface area contributed by atoms with Crippen molar-refractivity contribution in [2.75, 3.05) is 20.6 Å². The number of rotatable bonds is 18. The van der Waals surface area contributed by atoms with Crippen LogP contribution in [0.5, 0.6) is 0 Å². The predicted octanol–water partition coefficient (Wildman–Crippen LogP) is 7.84. The Hall–Kier alpha value is -2.49. The summed E-state index contributed by atoms with van der Waals surface area (Å²) in [5.41, 5.74) is 7.27. The van der Waals surface area contributed by atoms with Gasteiger partial charge in [-0.25, -0.2) is 0 Å². The summed E-state index contributed by atoms with van der Waals surface area (Å²) in [5, 5.41) is 3.30. The van der Waals surface area contributed by atoms with Gasteiger partial charge in [-0.2, -0.15) is 0 Å². The molecule has 0 radical (unpaired) electrons. The number of hydrogen-bond donors (Lipinski definition) is 1. The van der Waals surface area contributed by atoms with Crippen LogP contribution in [0.25, 0.3) is 6.08 Å². The molecule has 206 valence electrons. The smallest absolute Gasteiger partial charge is 0.120 e. The molecule has 3 rings (SSSR count). The van der Waals surface area contributed by atoms with Crippen molar-refractivity contribution < 1.29 is 4.79 Å². The van der Waals surface area contributed by atoms with Gasteiger partial charge in [0.2, 0.25) is 0 Å². The normalized spacial score (nSPS) is 16.0. The maximum absolute atomic E-state index is 10.9. The third-order valence-corrected chi connectivity index (χ3v) is 8.81. The molecule has 2 aromatic carbocycles. The van der Waals surface area contributed by atoms with Crippen LogP contribution in [-0.4, -0.2) is 37.9 Å². The minimum absolute atomic E-state index is 0.189. The van der Waals surface area contributed by atoms with E-state index in [0.29, 0.717) is 17.8 Å². The number of unbranched alkanes of at least 4 members (excludes halogenated alkanes) is 1. The van der Waals surface area contributed by atoms with Crippen molar-refractivity contribution in [3.8, 4) is 0 Å². The number of carbonyl (C=O) groups excluding carboxylic acids is 1. The van der Waals surface area contributed by atoms with E-state index < -0.39 is 0 Å². The van der Waals surface area contributed by atoms with Gasteiger partial charge in [0.05, 0.1) is 0 Å². The van der Waals surface area contributed by atoms with Gasteiger partial charge in [-0.15, -0.1) is 6.58 Å². The topological polar surface area (TPSA) is 32.3 Å². The number of nitrogens with zero attached hydrogens (tertiary/aromatic N) is 1. The summed E-state index contributed by atoms with van der Waals surface area (Å²) in [6, 6.07) is 16.7. The van der Waals surface area contributed by atoms with Gasteiger partial charge in [-0.3, -0.25) is 4.90 Å². The molecule has 0 aromatic heterocycles. The van der Waals surface area contributed by atoms with E-state index in [1.807, 2.05) is 19.2 Å². The Morgan fingerprint density at radius 1 is 1.05 bits per heavy atom. The molecule has 1 aliphatic carbocycles. The number of hydrogen-bond acceptors (Lipinski definition) is 3. The molecule has 0 heterocycles. The van der Waals surface area contributed by atoms with Gasteiger partial charge < -0.3 is 10.1 Å². The van der Waals surface area contributed by atoms with E-state index in [1.165, 1.54) is 66.3 Å². The van der Waals surface area contributed by atoms with Crippen molar-refractivity contribution in [2.24, 2.45) is 0 Å². The van der Waals surface area contributed by atoms with Gasteiger partial charge in [0.25, 0.3) is 0 Å². The molecule has 3 heteroatoms. The van der Waals surface area contributed by atoms with E-state index in [0.717, 1.165) is 38.6 Å². The Morgan fingerprint density at radius 3 is 2.42 bits per heavy atom. The summed E-state index contributed by atoms with van der Waals surface area (Å²) >= 11 is 0. The van der Waals surface area contributed by atoms with E-state index >= 15 is 0 Å². The minimum atomic E-state index is 0.189. The van der Waals surface area contributed by atoms with Gasteiger partial charge in [0, 0.05) is 19.0 Å². The summed E-state index contributed by atoms with van der Waals surface area (Å²) in [5.74, 6) is 0.578. The van der Waals surface area contributed by atoms with E-state index in [9.17, 15) is 4.79 Å². The molecule has 1 N–H and O–H groups in total. The number of aryl methyl sites for hydroxylation is 1. The number of benzene rings is 2. The van der Waals surface area contributed by atoms with Crippen molar-refractivity contribution in [1.82, 2.24) is 10.2 Å². The highest BCUT2D eigenvalue weighted by molar-refractivity contribution is 5.53. The zero-order chi connectivity index (χ0) is 27.4. The lowest BCUT2D eigenvalue weighted by molar-refractivity contribution is -0.108. The molecule has 1 fully saturated rings. The van der Waals surface area contributed by atoms with Crippen LogP contribution in [-0.2, 0) is 23.2 Å². The third-order valence-electron chi connectivity index (χ3n) is 8.81. The Labute approximate surface area is 232 Å². The molecule has 2 atom stereocenters. The molecule has 3 nitrogen and oxygen atoms in total. The van der Waals surface area contributed by atoms with Gasteiger partial charge >= 0.3 is 0 Å². The third kappa shape index (κ3) is 8.25. The molecule has 0 aliphatic heterocycles. The highest BCUT2D eigenvalue weighted by atomic mass is 16.1. The lowest BCUT2D eigenvalue weighted by atomic mass is 9.66. The average Bonchev–Trinajstić information content (AvgIpc) is 2.92. The van der Waals surface area contributed by atoms with Crippen molar-refractivity contribution >= 4 is 12.4 Å². The molecular formula is C35H50N2O. The van der Waals surface area contributed by atoms with E-state index in [-0.39, 0.29) is 6.04 Å². The minimum Gasteiger partial charge on any atom is -0.320 e. The van der Waals surface area contributed by atoms with E-state index in [1.54, 1.807) is 0 Å². The first-order chi connectivity index (χ1) is 18.4. The van der Waals surface area contributed by atoms with E-state index in [4.69, 9.17) is 0 Å². The lowest BCUT2D eigenvalue weighted by Crippen LogP contribution is -2.30. The van der Waals surface area contributed by atoms with Crippen molar-refractivity contribution in [3.05, 3.63) is 89.5 Å². The molecule has 0 spiro atoms. The maximum Gasteiger partial charge on any atom is 0.120 e. The second kappa shape index (κ2) is 15.2. The monoisotopic (exact) mass is 514 g/mol. The molecule has 1 saturated carbocycles. The zero-order valence-corrected chi connectivity index (χ0v) is 24.2. The molecule has 0 amide bonds. The summed E-state index contributed by atoms with van der Waals surface area (Å²) in [7, 11) is 4.16. The predicted molar refractivity (Wildman–Crippen MR) is 164 cm³/mol. The molecule has 2 unspecified atom stereocenters. The fourth-order valence-electron chi connectivity index (χ4n) is 5.96. The number of likely N-dealkylation sites (N-methyl/N-ethyl adjacent to an activating group) is 1. The zero-order valence-electron chi connectivity index (χ0n) is 24.2. The van der Waals surface area contributed by atoms with Crippen molar-refractivity contribution in [2.45, 2.75) is 95.1 Å². The Kier molecular flexibility index (Phi) is 12.0. The fraction of sp³-hybridized carbons (Fsp3) is 0.514. The van der Waals surface area contributed by atoms with Gasteiger partial charge in [0.15, 0.2) is 0 Å². The van der Waals surface area contributed by atoms with Crippen LogP contribution in [0.3, 0.4) is 0 Å². The molecule has 0 bridgehead atoms. The molecule has 1 aliphatic rings.